The van der Waals surface area contributed by atoms with Crippen molar-refractivity contribution >= 4 is 8.07 Å². The van der Waals surface area contributed by atoms with Crippen LogP contribution < -0.4 is 18.9 Å². The number of allylic oxidation sites excluding steroid dienone is 2. The molecule has 0 heterocycles. The van der Waals surface area contributed by atoms with Crippen LogP contribution in [0.25, 0.3) is 0 Å². The van der Waals surface area contributed by atoms with Crippen LogP contribution in [0.5, 0.6) is 0 Å². The zero-order valence-electron chi connectivity index (χ0n) is 12.4. The first kappa shape index (κ1) is 19.0. The largest absolute Gasteiger partial charge is 1.00 e. The van der Waals surface area contributed by atoms with Crippen molar-refractivity contribution in [3.63, 3.8) is 0 Å². The molecule has 0 amide bonds. The topological polar surface area (TPSA) is 0 Å². The first-order valence-corrected chi connectivity index (χ1v) is 8.22. The van der Waals surface area contributed by atoms with Gasteiger partial charge in [-0.05, 0) is 16.6 Å². The maximum Gasteiger partial charge on any atom is 1.00 e. The van der Waals surface area contributed by atoms with Crippen LogP contribution in [0.15, 0.2) is 12.2 Å². The van der Waals surface area contributed by atoms with E-state index >= 15 is 0 Å². The van der Waals surface area contributed by atoms with Crippen molar-refractivity contribution in [2.24, 2.45) is 0 Å². The van der Waals surface area contributed by atoms with E-state index in [0.717, 1.165) is 0 Å². The predicted molar refractivity (Wildman–Crippen MR) is 75.1 cm³/mol. The number of hydrogen-bond acceptors (Lipinski definition) is 0. The van der Waals surface area contributed by atoms with Crippen LogP contribution in [0.1, 0.15) is 41.5 Å². The third-order valence-electron chi connectivity index (χ3n) is 3.40. The summed E-state index contributed by atoms with van der Waals surface area (Å²) >= 11 is 0. The van der Waals surface area contributed by atoms with Crippen LogP contribution in [0, 0.1) is 23.8 Å². The van der Waals surface area contributed by atoms with Crippen LogP contribution in [0.2, 0.25) is 16.6 Å². The van der Waals surface area contributed by atoms with Gasteiger partial charge in [-0.1, -0.05) is 47.6 Å². The molecule has 0 unspecified atom stereocenters. The molecule has 88 valence electrons. The molecule has 0 aliphatic carbocycles. The van der Waals surface area contributed by atoms with Crippen molar-refractivity contribution in [2.45, 2.75) is 58.2 Å². The van der Waals surface area contributed by atoms with Gasteiger partial charge in [0.25, 0.3) is 0 Å². The Balaban J connectivity index is 0. The van der Waals surface area contributed by atoms with Gasteiger partial charge in [-0.15, -0.1) is 11.5 Å². The maximum atomic E-state index is 6.80. The average Bonchev–Trinajstić information content (AvgIpc) is 2.16. The summed E-state index contributed by atoms with van der Waals surface area (Å²) in [4.78, 5) is 0. The van der Waals surface area contributed by atoms with Crippen LogP contribution in [-0.4, -0.2) is 8.07 Å². The Morgan fingerprint density at radius 1 is 0.882 bits per heavy atom. The van der Waals surface area contributed by atoms with E-state index < -0.39 is 8.07 Å². The molecule has 0 bridgehead atoms. The standard InChI is InChI=1S/C15H23Si.Li/c1-8-9-10-11-12-16(13(2)3,14(4)5)15(6)7;/h9-10,13-15H,2-7H3;/q-1;+1/b10-9-;. The fourth-order valence-electron chi connectivity index (χ4n) is 2.68. The summed E-state index contributed by atoms with van der Waals surface area (Å²) in [7, 11) is -1.58. The molecule has 0 spiro atoms. The van der Waals surface area contributed by atoms with E-state index in [2.05, 4.69) is 58.9 Å². The van der Waals surface area contributed by atoms with Crippen LogP contribution in [0.3, 0.4) is 0 Å². The summed E-state index contributed by atoms with van der Waals surface area (Å²) in [5, 5.41) is 0. The predicted octanol–water partition coefficient (Wildman–Crippen LogP) is 1.36. The van der Waals surface area contributed by atoms with E-state index in [0.29, 0.717) is 16.6 Å². The summed E-state index contributed by atoms with van der Waals surface area (Å²) < 4.78 is 0. The fourth-order valence-corrected chi connectivity index (χ4v) is 7.88. The third-order valence-corrected chi connectivity index (χ3v) is 9.71. The summed E-state index contributed by atoms with van der Waals surface area (Å²) in [6.07, 6.45) is 10.1. The molecule has 0 aliphatic rings. The second-order valence-corrected chi connectivity index (χ2v) is 10.7. The van der Waals surface area contributed by atoms with Crippen LogP contribution >= 0.6 is 0 Å². The fraction of sp³-hybridized carbons (Fsp3) is 0.600. The zero-order valence-corrected chi connectivity index (χ0v) is 13.4. The van der Waals surface area contributed by atoms with Gasteiger partial charge in [0.15, 0.2) is 0 Å². The van der Waals surface area contributed by atoms with Crippen molar-refractivity contribution in [2.75, 3.05) is 0 Å². The molecular weight excluding hydrogens is 215 g/mol. The van der Waals surface area contributed by atoms with E-state index in [1.165, 1.54) is 0 Å². The summed E-state index contributed by atoms with van der Waals surface area (Å²) in [6.45, 7) is 13.8. The van der Waals surface area contributed by atoms with Gasteiger partial charge in [-0.3, -0.25) is 5.92 Å². The first-order chi connectivity index (χ1) is 7.39. The summed E-state index contributed by atoms with van der Waals surface area (Å²) in [6, 6.07) is 0. The quantitative estimate of drug-likeness (QED) is 0.396. The summed E-state index contributed by atoms with van der Waals surface area (Å²) in [5.41, 5.74) is 5.54. The van der Waals surface area contributed by atoms with Gasteiger partial charge in [0.2, 0.25) is 0 Å². The SMILES string of the molecule is [C-]#C/C=C\C#C[Si](C(C)C)(C(C)C)C(C)C.[Li+]. The third kappa shape index (κ3) is 4.81. The van der Waals surface area contributed by atoms with Gasteiger partial charge >= 0.3 is 18.9 Å². The molecule has 0 aromatic carbocycles. The number of hydrogen-bond donors (Lipinski definition) is 0. The van der Waals surface area contributed by atoms with E-state index in [9.17, 15) is 0 Å². The van der Waals surface area contributed by atoms with Crippen molar-refractivity contribution < 1.29 is 18.9 Å². The first-order valence-electron chi connectivity index (χ1n) is 5.99. The van der Waals surface area contributed by atoms with Crippen LogP contribution in [0.4, 0.5) is 0 Å². The molecule has 0 aliphatic heterocycles. The molecule has 17 heavy (non-hydrogen) atoms. The monoisotopic (exact) mass is 238 g/mol. The van der Waals surface area contributed by atoms with Gasteiger partial charge in [-0.2, -0.15) is 6.08 Å². The molecule has 0 N–H and O–H groups in total. The minimum Gasteiger partial charge on any atom is -0.366 e. The van der Waals surface area contributed by atoms with Crippen LogP contribution in [-0.2, 0) is 0 Å². The van der Waals surface area contributed by atoms with E-state index in [4.69, 9.17) is 6.42 Å². The molecule has 0 saturated carbocycles. The zero-order chi connectivity index (χ0) is 12.8. The van der Waals surface area contributed by atoms with E-state index in [1.807, 2.05) is 0 Å². The van der Waals surface area contributed by atoms with Crippen molar-refractivity contribution in [1.29, 1.82) is 0 Å². The minimum absolute atomic E-state index is 0. The molecule has 0 radical (unpaired) electrons. The van der Waals surface area contributed by atoms with Gasteiger partial charge in [0.05, 0.1) is 0 Å². The van der Waals surface area contributed by atoms with Gasteiger partial charge in [0, 0.05) is 0 Å². The molecule has 0 rings (SSSR count). The van der Waals surface area contributed by atoms with E-state index in [1.54, 1.807) is 12.2 Å². The van der Waals surface area contributed by atoms with Gasteiger partial charge < -0.3 is 6.42 Å². The molecule has 0 aromatic heterocycles. The Hall–Kier alpha value is -0.326. The smallest absolute Gasteiger partial charge is 0.366 e. The van der Waals surface area contributed by atoms with Crippen molar-refractivity contribution in [3.8, 4) is 17.4 Å². The normalized spacial score (nSPS) is 11.3. The molecule has 0 aromatic rings. The second kappa shape index (κ2) is 8.72. The van der Waals surface area contributed by atoms with E-state index in [-0.39, 0.29) is 18.9 Å². The maximum absolute atomic E-state index is 6.80. The molecule has 2 heteroatoms. The molecule has 0 fully saturated rings. The van der Waals surface area contributed by atoms with Crippen molar-refractivity contribution in [3.05, 3.63) is 18.6 Å². The molecule has 0 atom stereocenters. The second-order valence-electron chi connectivity index (χ2n) is 5.14. The Kier molecular flexibility index (Phi) is 9.76. The number of rotatable bonds is 3. The Labute approximate surface area is 121 Å². The Bertz CT molecular complexity index is 312. The van der Waals surface area contributed by atoms with Crippen molar-refractivity contribution in [1.82, 2.24) is 0 Å². The minimum atomic E-state index is -1.58. The van der Waals surface area contributed by atoms with Gasteiger partial charge in [-0.25, -0.2) is 0 Å². The Morgan fingerprint density at radius 3 is 1.59 bits per heavy atom. The molecular formula is C15H23LiSi. The Morgan fingerprint density at radius 2 is 1.29 bits per heavy atom. The summed E-state index contributed by atoms with van der Waals surface area (Å²) in [5.74, 6) is 5.34. The van der Waals surface area contributed by atoms with Gasteiger partial charge in [0.1, 0.15) is 8.07 Å². The molecule has 0 saturated heterocycles. The molecule has 0 nitrogen and oxygen atoms in total. The average molecular weight is 238 g/mol.